The van der Waals surface area contributed by atoms with Crippen LogP contribution in [0, 0.1) is 13.8 Å². The third-order valence-electron chi connectivity index (χ3n) is 3.90. The fourth-order valence-electron chi connectivity index (χ4n) is 2.33. The first-order valence-electron chi connectivity index (χ1n) is 7.81. The Morgan fingerprint density at radius 3 is 2.27 bits per heavy atom. The zero-order valence-corrected chi connectivity index (χ0v) is 15.8. The Morgan fingerprint density at radius 2 is 1.58 bits per heavy atom. The largest absolute Gasteiger partial charge is 0.339 e. The minimum Gasteiger partial charge on any atom is -0.339 e. The van der Waals surface area contributed by atoms with Gasteiger partial charge in [0.05, 0.1) is 5.02 Å². The van der Waals surface area contributed by atoms with Gasteiger partial charge in [-0.15, -0.1) is 10.2 Å². The van der Waals surface area contributed by atoms with E-state index in [1.54, 1.807) is 18.2 Å². The van der Waals surface area contributed by atoms with Crippen LogP contribution >= 0.6 is 11.6 Å². The lowest BCUT2D eigenvalue weighted by atomic mass is 10.1. The highest BCUT2D eigenvalue weighted by Gasteiger charge is 2.18. The summed E-state index contributed by atoms with van der Waals surface area (Å²) in [5.41, 5.74) is 3.19. The summed E-state index contributed by atoms with van der Waals surface area (Å²) in [6, 6.07) is 15.3. The number of aromatic nitrogens is 2. The van der Waals surface area contributed by atoms with Crippen molar-refractivity contribution in [3.63, 3.8) is 0 Å². The minimum absolute atomic E-state index is 0.0129. The molecule has 26 heavy (non-hydrogen) atoms. The van der Waals surface area contributed by atoms with Gasteiger partial charge in [-0.2, -0.15) is 0 Å². The third-order valence-corrected chi connectivity index (χ3v) is 5.75. The standard InChI is InChI=1S/C18H17ClN4O2S/c1-12-6-5-8-15(13(12)2)20-17-10-11-18(22-21-17)23-26(24,25)16-9-4-3-7-14(16)19/h3-11H,1-2H3,(H,20,21)(H,22,23). The van der Waals surface area contributed by atoms with Crippen LogP contribution in [-0.2, 0) is 10.0 Å². The van der Waals surface area contributed by atoms with Crippen molar-refractivity contribution in [2.75, 3.05) is 10.0 Å². The highest BCUT2D eigenvalue weighted by molar-refractivity contribution is 7.92. The van der Waals surface area contributed by atoms with E-state index in [0.29, 0.717) is 5.82 Å². The maximum absolute atomic E-state index is 12.4. The Bertz CT molecular complexity index is 1040. The van der Waals surface area contributed by atoms with Crippen LogP contribution in [0.15, 0.2) is 59.5 Å². The highest BCUT2D eigenvalue weighted by atomic mass is 35.5. The molecule has 0 radical (unpaired) electrons. The molecular weight excluding hydrogens is 372 g/mol. The molecule has 1 heterocycles. The number of rotatable bonds is 5. The quantitative estimate of drug-likeness (QED) is 0.681. The van der Waals surface area contributed by atoms with E-state index in [2.05, 4.69) is 20.2 Å². The van der Waals surface area contributed by atoms with Gasteiger partial charge in [0.15, 0.2) is 11.6 Å². The Morgan fingerprint density at radius 1 is 0.885 bits per heavy atom. The summed E-state index contributed by atoms with van der Waals surface area (Å²) in [5, 5.41) is 11.3. The van der Waals surface area contributed by atoms with Crippen molar-refractivity contribution in [3.05, 3.63) is 70.7 Å². The van der Waals surface area contributed by atoms with Gasteiger partial charge in [0.25, 0.3) is 10.0 Å². The predicted octanol–water partition coefficient (Wildman–Crippen LogP) is 4.29. The summed E-state index contributed by atoms with van der Waals surface area (Å²) in [7, 11) is -3.83. The molecule has 0 unspecified atom stereocenters. The molecule has 8 heteroatoms. The number of hydrogen-bond donors (Lipinski definition) is 2. The Balaban J connectivity index is 1.78. The van der Waals surface area contributed by atoms with E-state index in [1.807, 2.05) is 32.0 Å². The number of aryl methyl sites for hydroxylation is 1. The predicted molar refractivity (Wildman–Crippen MR) is 103 cm³/mol. The molecule has 0 saturated heterocycles. The van der Waals surface area contributed by atoms with E-state index in [9.17, 15) is 8.42 Å². The zero-order valence-electron chi connectivity index (χ0n) is 14.2. The minimum atomic E-state index is -3.83. The first-order valence-corrected chi connectivity index (χ1v) is 9.67. The highest BCUT2D eigenvalue weighted by Crippen LogP contribution is 2.24. The normalized spacial score (nSPS) is 11.2. The van der Waals surface area contributed by atoms with Crippen molar-refractivity contribution in [3.8, 4) is 0 Å². The molecule has 0 aliphatic heterocycles. The molecule has 1 aromatic heterocycles. The molecule has 0 fully saturated rings. The SMILES string of the molecule is Cc1cccc(Nc2ccc(NS(=O)(=O)c3ccccc3Cl)nn2)c1C. The van der Waals surface area contributed by atoms with Crippen LogP contribution in [0.5, 0.6) is 0 Å². The Kier molecular flexibility index (Phi) is 5.11. The molecule has 3 aromatic rings. The molecule has 0 bridgehead atoms. The average Bonchev–Trinajstić information content (AvgIpc) is 2.60. The fraction of sp³-hybridized carbons (Fsp3) is 0.111. The van der Waals surface area contributed by atoms with Crippen LogP contribution in [0.2, 0.25) is 5.02 Å². The van der Waals surface area contributed by atoms with Crippen LogP contribution in [0.25, 0.3) is 0 Å². The lowest BCUT2D eigenvalue weighted by Crippen LogP contribution is -2.15. The second-order valence-electron chi connectivity index (χ2n) is 5.71. The second-order valence-corrected chi connectivity index (χ2v) is 7.77. The van der Waals surface area contributed by atoms with Crippen molar-refractivity contribution < 1.29 is 8.42 Å². The molecule has 0 saturated carbocycles. The van der Waals surface area contributed by atoms with Gasteiger partial charge in [-0.05, 0) is 55.3 Å². The first-order chi connectivity index (χ1) is 12.4. The molecule has 3 rings (SSSR count). The van der Waals surface area contributed by atoms with E-state index in [0.717, 1.165) is 16.8 Å². The Hall–Kier alpha value is -2.64. The Labute approximate surface area is 157 Å². The molecular formula is C18H17ClN4O2S. The average molecular weight is 389 g/mol. The molecule has 0 amide bonds. The van der Waals surface area contributed by atoms with Gasteiger partial charge in [0.2, 0.25) is 0 Å². The van der Waals surface area contributed by atoms with E-state index < -0.39 is 10.0 Å². The molecule has 2 N–H and O–H groups in total. The van der Waals surface area contributed by atoms with E-state index in [-0.39, 0.29) is 15.7 Å². The van der Waals surface area contributed by atoms with Crippen molar-refractivity contribution in [1.82, 2.24) is 10.2 Å². The van der Waals surface area contributed by atoms with Crippen LogP contribution in [0.1, 0.15) is 11.1 Å². The molecule has 0 spiro atoms. The van der Waals surface area contributed by atoms with Crippen LogP contribution in [-0.4, -0.2) is 18.6 Å². The number of nitrogens with one attached hydrogen (secondary N) is 2. The van der Waals surface area contributed by atoms with Gasteiger partial charge in [0.1, 0.15) is 4.90 Å². The molecule has 134 valence electrons. The van der Waals surface area contributed by atoms with Gasteiger partial charge in [-0.3, -0.25) is 4.72 Å². The zero-order chi connectivity index (χ0) is 18.7. The number of nitrogens with zero attached hydrogens (tertiary/aromatic N) is 2. The van der Waals surface area contributed by atoms with Crippen molar-refractivity contribution >= 4 is 38.9 Å². The van der Waals surface area contributed by atoms with Gasteiger partial charge in [-0.25, -0.2) is 8.42 Å². The molecule has 0 aliphatic carbocycles. The van der Waals surface area contributed by atoms with Crippen LogP contribution in [0.4, 0.5) is 17.3 Å². The fourth-order valence-corrected chi connectivity index (χ4v) is 3.85. The van der Waals surface area contributed by atoms with Gasteiger partial charge < -0.3 is 5.32 Å². The van der Waals surface area contributed by atoms with Gasteiger partial charge in [-0.1, -0.05) is 35.9 Å². The monoisotopic (exact) mass is 388 g/mol. The topological polar surface area (TPSA) is 84.0 Å². The molecule has 0 aliphatic rings. The molecule has 0 atom stereocenters. The maximum atomic E-state index is 12.4. The lowest BCUT2D eigenvalue weighted by molar-refractivity contribution is 0.601. The summed E-state index contributed by atoms with van der Waals surface area (Å²) in [4.78, 5) is -0.0129. The number of benzene rings is 2. The number of halogens is 1. The number of hydrogen-bond acceptors (Lipinski definition) is 5. The molecule has 2 aromatic carbocycles. The first kappa shape index (κ1) is 18.2. The van der Waals surface area contributed by atoms with Gasteiger partial charge >= 0.3 is 0 Å². The van der Waals surface area contributed by atoms with Crippen LogP contribution < -0.4 is 10.0 Å². The summed E-state index contributed by atoms with van der Waals surface area (Å²) in [5.74, 6) is 0.621. The summed E-state index contributed by atoms with van der Waals surface area (Å²) >= 11 is 5.95. The summed E-state index contributed by atoms with van der Waals surface area (Å²) in [6.45, 7) is 4.04. The third kappa shape index (κ3) is 3.95. The maximum Gasteiger partial charge on any atom is 0.264 e. The second kappa shape index (κ2) is 7.31. The van der Waals surface area contributed by atoms with Crippen molar-refractivity contribution in [2.45, 2.75) is 18.7 Å². The van der Waals surface area contributed by atoms with E-state index in [1.165, 1.54) is 18.2 Å². The van der Waals surface area contributed by atoms with E-state index in [4.69, 9.17) is 11.6 Å². The lowest BCUT2D eigenvalue weighted by Gasteiger charge is -2.11. The smallest absolute Gasteiger partial charge is 0.264 e. The van der Waals surface area contributed by atoms with Crippen molar-refractivity contribution in [2.24, 2.45) is 0 Å². The molecule has 6 nitrogen and oxygen atoms in total. The number of sulfonamides is 1. The van der Waals surface area contributed by atoms with Gasteiger partial charge in [0, 0.05) is 5.69 Å². The summed E-state index contributed by atoms with van der Waals surface area (Å²) < 4.78 is 27.2. The summed E-state index contributed by atoms with van der Waals surface area (Å²) in [6.07, 6.45) is 0. The van der Waals surface area contributed by atoms with E-state index >= 15 is 0 Å². The van der Waals surface area contributed by atoms with Crippen LogP contribution in [0.3, 0.4) is 0 Å². The number of anilines is 3. The van der Waals surface area contributed by atoms with Crippen molar-refractivity contribution in [1.29, 1.82) is 0 Å².